The van der Waals surface area contributed by atoms with E-state index in [4.69, 9.17) is 9.97 Å². The third kappa shape index (κ3) is 5.03. The van der Waals surface area contributed by atoms with Crippen molar-refractivity contribution in [1.29, 1.82) is 0 Å². The number of hydrogen-bond donors (Lipinski definition) is 2. The number of nitrogens with zero attached hydrogens (tertiary/aromatic N) is 3. The molecule has 0 bridgehead atoms. The van der Waals surface area contributed by atoms with Crippen LogP contribution in [0.4, 0.5) is 11.8 Å². The molecule has 34 heavy (non-hydrogen) atoms. The molecule has 1 saturated carbocycles. The predicted octanol–water partition coefficient (Wildman–Crippen LogP) is 4.34. The molecule has 2 N–H and O–H groups in total. The average Bonchev–Trinajstić information content (AvgIpc) is 2.79. The SMILES string of the molecule is Cc1cc(C)c(C(=O)C(=O)NC2CCC(Nc3nc(N(C)C)c4ccccc4n3)CC2)c(C)c1. The number of rotatable bonds is 6. The van der Waals surface area contributed by atoms with E-state index < -0.39 is 11.7 Å². The maximum Gasteiger partial charge on any atom is 0.292 e. The summed E-state index contributed by atoms with van der Waals surface area (Å²) in [6, 6.07) is 12.1. The van der Waals surface area contributed by atoms with Gasteiger partial charge in [-0.15, -0.1) is 0 Å². The van der Waals surface area contributed by atoms with E-state index in [1.807, 2.05) is 76.2 Å². The number of ketones is 1. The van der Waals surface area contributed by atoms with Gasteiger partial charge in [0.1, 0.15) is 5.82 Å². The van der Waals surface area contributed by atoms with Gasteiger partial charge in [0.2, 0.25) is 5.95 Å². The van der Waals surface area contributed by atoms with E-state index in [0.717, 1.165) is 59.1 Å². The molecule has 0 radical (unpaired) electrons. The lowest BCUT2D eigenvalue weighted by atomic mass is 9.90. The van der Waals surface area contributed by atoms with Crippen LogP contribution in [0.3, 0.4) is 0 Å². The van der Waals surface area contributed by atoms with Crippen LogP contribution in [0.1, 0.15) is 52.7 Å². The molecular formula is C27H33N5O2. The van der Waals surface area contributed by atoms with Crippen LogP contribution in [0.2, 0.25) is 0 Å². The fourth-order valence-corrected chi connectivity index (χ4v) is 4.93. The first-order valence-electron chi connectivity index (χ1n) is 11.9. The van der Waals surface area contributed by atoms with E-state index in [0.29, 0.717) is 11.5 Å². The summed E-state index contributed by atoms with van der Waals surface area (Å²) >= 11 is 0. The van der Waals surface area contributed by atoms with E-state index in [2.05, 4.69) is 10.6 Å². The van der Waals surface area contributed by atoms with Crippen molar-refractivity contribution in [2.24, 2.45) is 0 Å². The zero-order chi connectivity index (χ0) is 24.4. The number of amides is 1. The van der Waals surface area contributed by atoms with Crippen molar-refractivity contribution in [3.8, 4) is 0 Å². The summed E-state index contributed by atoms with van der Waals surface area (Å²) in [5.41, 5.74) is 4.20. The lowest BCUT2D eigenvalue weighted by Gasteiger charge is -2.30. The second-order valence-corrected chi connectivity index (χ2v) is 9.55. The third-order valence-corrected chi connectivity index (χ3v) is 6.51. The molecule has 7 nitrogen and oxygen atoms in total. The van der Waals surface area contributed by atoms with Gasteiger partial charge in [-0.1, -0.05) is 29.8 Å². The lowest BCUT2D eigenvalue weighted by molar-refractivity contribution is -0.117. The molecule has 0 unspecified atom stereocenters. The Hall–Kier alpha value is -3.48. The molecule has 3 aromatic rings. The van der Waals surface area contributed by atoms with Crippen LogP contribution in [-0.2, 0) is 4.79 Å². The van der Waals surface area contributed by atoms with E-state index in [9.17, 15) is 9.59 Å². The molecule has 4 rings (SSSR count). The van der Waals surface area contributed by atoms with Crippen molar-refractivity contribution >= 4 is 34.4 Å². The highest BCUT2D eigenvalue weighted by Crippen LogP contribution is 2.26. The normalized spacial score (nSPS) is 17.9. The van der Waals surface area contributed by atoms with Gasteiger partial charge < -0.3 is 15.5 Å². The first-order chi connectivity index (χ1) is 16.2. The Balaban J connectivity index is 1.37. The second kappa shape index (κ2) is 9.79. The van der Waals surface area contributed by atoms with Gasteiger partial charge in [-0.2, -0.15) is 4.98 Å². The number of Topliss-reactive ketones (excluding diaryl/α,β-unsaturated/α-hetero) is 1. The molecule has 0 saturated heterocycles. The number of fused-ring (bicyclic) bond motifs is 1. The number of benzene rings is 2. The molecule has 7 heteroatoms. The van der Waals surface area contributed by atoms with Gasteiger partial charge in [-0.25, -0.2) is 4.98 Å². The summed E-state index contributed by atoms with van der Waals surface area (Å²) in [5, 5.41) is 7.47. The lowest BCUT2D eigenvalue weighted by Crippen LogP contribution is -2.43. The molecule has 1 aliphatic rings. The van der Waals surface area contributed by atoms with E-state index in [1.165, 1.54) is 0 Å². The zero-order valence-electron chi connectivity index (χ0n) is 20.6. The van der Waals surface area contributed by atoms with Gasteiger partial charge >= 0.3 is 0 Å². The molecule has 1 heterocycles. The first-order valence-corrected chi connectivity index (χ1v) is 11.9. The van der Waals surface area contributed by atoms with Crippen molar-refractivity contribution < 1.29 is 9.59 Å². The van der Waals surface area contributed by atoms with Gasteiger partial charge in [-0.05, 0) is 69.7 Å². The van der Waals surface area contributed by atoms with Crippen molar-refractivity contribution in [2.75, 3.05) is 24.3 Å². The number of hydrogen-bond acceptors (Lipinski definition) is 6. The number of carbonyl (C=O) groups is 2. The summed E-state index contributed by atoms with van der Waals surface area (Å²) < 4.78 is 0. The number of anilines is 2. The summed E-state index contributed by atoms with van der Waals surface area (Å²) in [7, 11) is 3.96. The molecule has 1 fully saturated rings. The number of nitrogens with one attached hydrogen (secondary N) is 2. The van der Waals surface area contributed by atoms with Crippen LogP contribution in [-0.4, -0.2) is 47.8 Å². The summed E-state index contributed by atoms with van der Waals surface area (Å²) in [6.45, 7) is 5.76. The maximum atomic E-state index is 12.8. The summed E-state index contributed by atoms with van der Waals surface area (Å²) in [4.78, 5) is 36.9. The minimum Gasteiger partial charge on any atom is -0.362 e. The first kappa shape index (κ1) is 23.7. The quantitative estimate of drug-likeness (QED) is 0.421. The fourth-order valence-electron chi connectivity index (χ4n) is 4.93. The molecule has 1 aromatic heterocycles. The minimum absolute atomic E-state index is 0.00424. The Bertz CT molecular complexity index is 1210. The number of para-hydroxylation sites is 1. The average molecular weight is 460 g/mol. The molecule has 0 atom stereocenters. The molecular weight excluding hydrogens is 426 g/mol. The molecule has 1 amide bonds. The van der Waals surface area contributed by atoms with Gasteiger partial charge in [0.05, 0.1) is 5.52 Å². The topological polar surface area (TPSA) is 87.2 Å². The van der Waals surface area contributed by atoms with E-state index in [-0.39, 0.29) is 12.1 Å². The van der Waals surface area contributed by atoms with Crippen molar-refractivity contribution in [3.63, 3.8) is 0 Å². The van der Waals surface area contributed by atoms with Crippen LogP contribution in [0.5, 0.6) is 0 Å². The fraction of sp³-hybridized carbons (Fsp3) is 0.407. The second-order valence-electron chi connectivity index (χ2n) is 9.55. The molecule has 2 aromatic carbocycles. The van der Waals surface area contributed by atoms with Crippen molar-refractivity contribution in [3.05, 3.63) is 58.7 Å². The highest BCUT2D eigenvalue weighted by Gasteiger charge is 2.27. The highest BCUT2D eigenvalue weighted by atomic mass is 16.2. The smallest absolute Gasteiger partial charge is 0.292 e. The van der Waals surface area contributed by atoms with Gasteiger partial charge in [-0.3, -0.25) is 9.59 Å². The van der Waals surface area contributed by atoms with Crippen molar-refractivity contribution in [1.82, 2.24) is 15.3 Å². The molecule has 0 aliphatic heterocycles. The molecule has 0 spiro atoms. The Morgan fingerprint density at radius 1 is 0.912 bits per heavy atom. The van der Waals surface area contributed by atoms with Crippen molar-refractivity contribution in [2.45, 2.75) is 58.5 Å². The summed E-state index contributed by atoms with van der Waals surface area (Å²) in [5.74, 6) is 0.542. The maximum absolute atomic E-state index is 12.8. The largest absolute Gasteiger partial charge is 0.362 e. The molecule has 178 valence electrons. The van der Waals surface area contributed by atoms with Gasteiger partial charge in [0, 0.05) is 37.1 Å². The van der Waals surface area contributed by atoms with E-state index in [1.54, 1.807) is 0 Å². The zero-order valence-corrected chi connectivity index (χ0v) is 20.6. The Morgan fingerprint density at radius 2 is 1.53 bits per heavy atom. The monoisotopic (exact) mass is 459 g/mol. The standard InChI is InChI=1S/C27H33N5O2/c1-16-14-17(2)23(18(3)15-16)24(33)26(34)28-19-10-12-20(13-11-19)29-27-30-22-9-7-6-8-21(22)25(31-27)32(4)5/h6-9,14-15,19-20H,10-13H2,1-5H3,(H,28,34)(H,29,30,31). The Kier molecular flexibility index (Phi) is 6.82. The number of aromatic nitrogens is 2. The number of aryl methyl sites for hydroxylation is 3. The summed E-state index contributed by atoms with van der Waals surface area (Å²) in [6.07, 6.45) is 3.34. The minimum atomic E-state index is -0.514. The van der Waals surface area contributed by atoms with E-state index >= 15 is 0 Å². The van der Waals surface area contributed by atoms with Gasteiger partial charge in [0.15, 0.2) is 0 Å². The van der Waals surface area contributed by atoms with Crippen LogP contribution in [0.25, 0.3) is 10.9 Å². The van der Waals surface area contributed by atoms with Crippen LogP contribution in [0.15, 0.2) is 36.4 Å². The third-order valence-electron chi connectivity index (χ3n) is 6.51. The highest BCUT2D eigenvalue weighted by molar-refractivity contribution is 6.43. The Morgan fingerprint density at radius 3 is 2.18 bits per heavy atom. The van der Waals surface area contributed by atoms with Crippen LogP contribution >= 0.6 is 0 Å². The number of carbonyl (C=O) groups excluding carboxylic acids is 2. The predicted molar refractivity (Wildman–Crippen MR) is 137 cm³/mol. The van der Waals surface area contributed by atoms with Gasteiger partial charge in [0.25, 0.3) is 11.7 Å². The molecule has 1 aliphatic carbocycles. The van der Waals surface area contributed by atoms with Crippen LogP contribution < -0.4 is 15.5 Å². The van der Waals surface area contributed by atoms with Crippen LogP contribution in [0, 0.1) is 20.8 Å². The Labute approximate surface area is 201 Å².